The summed E-state index contributed by atoms with van der Waals surface area (Å²) in [5.41, 5.74) is 6.79. The molecule has 1 amide bonds. The fraction of sp³-hybridized carbons (Fsp3) is 0.588. The number of piperidine rings is 1. The van der Waals surface area contributed by atoms with Crippen LogP contribution >= 0.6 is 15.9 Å². The van der Waals surface area contributed by atoms with Gasteiger partial charge in [-0.05, 0) is 49.9 Å². The highest BCUT2D eigenvalue weighted by atomic mass is 79.9. The van der Waals surface area contributed by atoms with Gasteiger partial charge in [0.2, 0.25) is 5.91 Å². The van der Waals surface area contributed by atoms with Crippen LogP contribution in [0.5, 0.6) is 0 Å². The molecule has 0 aromatic heterocycles. The van der Waals surface area contributed by atoms with Gasteiger partial charge < -0.3 is 10.6 Å². The number of likely N-dealkylation sites (tertiary alicyclic amines) is 1. The van der Waals surface area contributed by atoms with Gasteiger partial charge in [-0.2, -0.15) is 0 Å². The second-order valence-electron chi connectivity index (χ2n) is 6.16. The number of benzene rings is 1. The summed E-state index contributed by atoms with van der Waals surface area (Å²) in [7, 11) is 1.88. The molecule has 5 heteroatoms. The normalized spacial score (nSPS) is 19.1. The van der Waals surface area contributed by atoms with Crippen molar-refractivity contribution in [2.75, 3.05) is 33.2 Å². The topological polar surface area (TPSA) is 49.6 Å². The van der Waals surface area contributed by atoms with Crippen molar-refractivity contribution in [2.24, 2.45) is 11.7 Å². The standard InChI is InChI=1S/C17H26BrN3O/c1-20(12-15-6-2-3-7-16(15)18)17(22)13-21-10-4-5-14(11-21)8-9-19/h2-3,6-7,14H,4-5,8-13,19H2,1H3. The molecule has 0 saturated carbocycles. The Morgan fingerprint density at radius 2 is 2.23 bits per heavy atom. The van der Waals surface area contributed by atoms with E-state index in [0.717, 1.165) is 36.1 Å². The molecule has 2 rings (SSSR count). The molecule has 1 aromatic rings. The number of rotatable bonds is 6. The molecule has 1 fully saturated rings. The van der Waals surface area contributed by atoms with Crippen molar-refractivity contribution in [3.63, 3.8) is 0 Å². The van der Waals surface area contributed by atoms with Crippen LogP contribution in [0.15, 0.2) is 28.7 Å². The summed E-state index contributed by atoms with van der Waals surface area (Å²) in [6.07, 6.45) is 3.48. The van der Waals surface area contributed by atoms with Gasteiger partial charge in [0.1, 0.15) is 0 Å². The Labute approximate surface area is 141 Å². The van der Waals surface area contributed by atoms with Crippen LogP contribution in [0.2, 0.25) is 0 Å². The number of amides is 1. The maximum atomic E-state index is 12.4. The highest BCUT2D eigenvalue weighted by Crippen LogP contribution is 2.20. The van der Waals surface area contributed by atoms with Gasteiger partial charge in [0.25, 0.3) is 0 Å². The van der Waals surface area contributed by atoms with Gasteiger partial charge in [0, 0.05) is 24.6 Å². The number of hydrogen-bond acceptors (Lipinski definition) is 3. The fourth-order valence-corrected chi connectivity index (χ4v) is 3.46. The Kier molecular flexibility index (Phi) is 6.86. The number of carbonyl (C=O) groups is 1. The van der Waals surface area contributed by atoms with Crippen molar-refractivity contribution in [3.05, 3.63) is 34.3 Å². The smallest absolute Gasteiger partial charge is 0.236 e. The van der Waals surface area contributed by atoms with Crippen LogP contribution in [-0.2, 0) is 11.3 Å². The van der Waals surface area contributed by atoms with Crippen LogP contribution in [0, 0.1) is 5.92 Å². The highest BCUT2D eigenvalue weighted by molar-refractivity contribution is 9.10. The predicted octanol–water partition coefficient (Wildman–Crippen LogP) is 2.47. The molecule has 1 heterocycles. The zero-order valence-corrected chi connectivity index (χ0v) is 14.9. The van der Waals surface area contributed by atoms with E-state index in [4.69, 9.17) is 5.73 Å². The van der Waals surface area contributed by atoms with Gasteiger partial charge >= 0.3 is 0 Å². The third-order valence-corrected chi connectivity index (χ3v) is 5.10. The number of carbonyl (C=O) groups excluding carboxylic acids is 1. The molecule has 1 aliphatic heterocycles. The lowest BCUT2D eigenvalue weighted by Gasteiger charge is -2.33. The second kappa shape index (κ2) is 8.65. The van der Waals surface area contributed by atoms with E-state index in [-0.39, 0.29) is 5.91 Å². The van der Waals surface area contributed by atoms with Crippen molar-refractivity contribution in [3.8, 4) is 0 Å². The minimum atomic E-state index is 0.184. The molecular weight excluding hydrogens is 342 g/mol. The molecule has 1 saturated heterocycles. The van der Waals surface area contributed by atoms with Crippen LogP contribution in [0.25, 0.3) is 0 Å². The minimum absolute atomic E-state index is 0.184. The maximum absolute atomic E-state index is 12.4. The Bertz CT molecular complexity index is 493. The Balaban J connectivity index is 1.84. The lowest BCUT2D eigenvalue weighted by molar-refractivity contribution is -0.132. The third kappa shape index (κ3) is 5.07. The Hall–Kier alpha value is -0.910. The zero-order chi connectivity index (χ0) is 15.9. The van der Waals surface area contributed by atoms with E-state index in [1.165, 1.54) is 12.8 Å². The van der Waals surface area contributed by atoms with E-state index < -0.39 is 0 Å². The van der Waals surface area contributed by atoms with Gasteiger partial charge in [-0.15, -0.1) is 0 Å². The average Bonchev–Trinajstić information content (AvgIpc) is 2.50. The van der Waals surface area contributed by atoms with Crippen LogP contribution in [-0.4, -0.2) is 48.9 Å². The summed E-state index contributed by atoms with van der Waals surface area (Å²) in [6, 6.07) is 8.04. The molecule has 0 radical (unpaired) electrons. The van der Waals surface area contributed by atoms with E-state index in [1.54, 1.807) is 0 Å². The highest BCUT2D eigenvalue weighted by Gasteiger charge is 2.22. The van der Waals surface area contributed by atoms with Gasteiger partial charge in [0.05, 0.1) is 6.54 Å². The summed E-state index contributed by atoms with van der Waals surface area (Å²) >= 11 is 3.54. The molecule has 1 aromatic carbocycles. The number of likely N-dealkylation sites (N-methyl/N-ethyl adjacent to an activating group) is 1. The molecule has 122 valence electrons. The van der Waals surface area contributed by atoms with E-state index in [0.29, 0.717) is 19.0 Å². The van der Waals surface area contributed by atoms with Gasteiger partial charge in [-0.1, -0.05) is 34.1 Å². The fourth-order valence-electron chi connectivity index (χ4n) is 3.05. The number of nitrogens with zero attached hydrogens (tertiary/aromatic N) is 2. The first kappa shape index (κ1) is 17.4. The molecule has 1 unspecified atom stereocenters. The van der Waals surface area contributed by atoms with Crippen molar-refractivity contribution in [1.82, 2.24) is 9.80 Å². The molecule has 1 atom stereocenters. The first-order chi connectivity index (χ1) is 10.6. The van der Waals surface area contributed by atoms with Crippen LogP contribution in [0.1, 0.15) is 24.8 Å². The molecule has 0 aliphatic carbocycles. The van der Waals surface area contributed by atoms with E-state index in [9.17, 15) is 4.79 Å². The van der Waals surface area contributed by atoms with E-state index in [2.05, 4.69) is 20.8 Å². The molecule has 22 heavy (non-hydrogen) atoms. The van der Waals surface area contributed by atoms with E-state index >= 15 is 0 Å². The van der Waals surface area contributed by atoms with Crippen molar-refractivity contribution in [2.45, 2.75) is 25.8 Å². The molecular formula is C17H26BrN3O. The molecule has 2 N–H and O–H groups in total. The largest absolute Gasteiger partial charge is 0.340 e. The van der Waals surface area contributed by atoms with Crippen molar-refractivity contribution < 1.29 is 4.79 Å². The zero-order valence-electron chi connectivity index (χ0n) is 13.3. The van der Waals surface area contributed by atoms with Crippen LogP contribution < -0.4 is 5.73 Å². The van der Waals surface area contributed by atoms with Gasteiger partial charge in [-0.3, -0.25) is 9.69 Å². The average molecular weight is 368 g/mol. The number of hydrogen-bond donors (Lipinski definition) is 1. The van der Waals surface area contributed by atoms with E-state index in [1.807, 2.05) is 36.2 Å². The second-order valence-corrected chi connectivity index (χ2v) is 7.02. The first-order valence-electron chi connectivity index (χ1n) is 8.00. The summed E-state index contributed by atoms with van der Waals surface area (Å²) in [5.74, 6) is 0.837. The summed E-state index contributed by atoms with van der Waals surface area (Å²) in [4.78, 5) is 16.5. The summed E-state index contributed by atoms with van der Waals surface area (Å²) < 4.78 is 1.05. The summed E-state index contributed by atoms with van der Waals surface area (Å²) in [5, 5.41) is 0. The predicted molar refractivity (Wildman–Crippen MR) is 93.5 cm³/mol. The SMILES string of the molecule is CN(Cc1ccccc1Br)C(=O)CN1CCCC(CCN)C1. The van der Waals surface area contributed by atoms with Crippen LogP contribution in [0.4, 0.5) is 0 Å². The van der Waals surface area contributed by atoms with Crippen molar-refractivity contribution in [1.29, 1.82) is 0 Å². The lowest BCUT2D eigenvalue weighted by atomic mass is 9.95. The third-order valence-electron chi connectivity index (χ3n) is 4.33. The van der Waals surface area contributed by atoms with Crippen LogP contribution in [0.3, 0.4) is 0 Å². The Morgan fingerprint density at radius 1 is 1.45 bits per heavy atom. The number of nitrogens with two attached hydrogens (primary N) is 1. The quantitative estimate of drug-likeness (QED) is 0.839. The van der Waals surface area contributed by atoms with Crippen molar-refractivity contribution >= 4 is 21.8 Å². The maximum Gasteiger partial charge on any atom is 0.236 e. The molecule has 0 spiro atoms. The molecule has 0 bridgehead atoms. The summed E-state index contributed by atoms with van der Waals surface area (Å²) in [6.45, 7) is 3.93. The number of halogens is 1. The van der Waals surface area contributed by atoms with Gasteiger partial charge in [-0.25, -0.2) is 0 Å². The van der Waals surface area contributed by atoms with Gasteiger partial charge in [0.15, 0.2) is 0 Å². The minimum Gasteiger partial charge on any atom is -0.340 e. The lowest BCUT2D eigenvalue weighted by Crippen LogP contribution is -2.43. The first-order valence-corrected chi connectivity index (χ1v) is 8.79. The molecule has 1 aliphatic rings. The Morgan fingerprint density at radius 3 is 2.95 bits per heavy atom. The molecule has 4 nitrogen and oxygen atoms in total. The monoisotopic (exact) mass is 367 g/mol.